The first kappa shape index (κ1) is 15.6. The van der Waals surface area contributed by atoms with E-state index in [0.29, 0.717) is 0 Å². The van der Waals surface area contributed by atoms with Crippen LogP contribution >= 0.6 is 0 Å². The lowest BCUT2D eigenvalue weighted by Crippen LogP contribution is -2.27. The molecule has 0 bridgehead atoms. The summed E-state index contributed by atoms with van der Waals surface area (Å²) in [6.45, 7) is 15.1. The molecule has 2 N–H and O–H groups in total. The van der Waals surface area contributed by atoms with E-state index >= 15 is 0 Å². The second-order valence-electron chi connectivity index (χ2n) is 6.11. The van der Waals surface area contributed by atoms with Gasteiger partial charge in [0.2, 0.25) is 0 Å². The molecule has 0 aliphatic rings. The molecule has 2 aromatic rings. The molecule has 0 radical (unpaired) electrons. The third kappa shape index (κ3) is 2.56. The highest BCUT2D eigenvalue weighted by Crippen LogP contribution is 2.33. The van der Waals surface area contributed by atoms with Crippen molar-refractivity contribution < 1.29 is 0 Å². The molecule has 0 amide bonds. The maximum atomic E-state index is 6.46. The number of rotatable bonds is 2. The van der Waals surface area contributed by atoms with Crippen LogP contribution in [0.25, 0.3) is 0 Å². The summed E-state index contributed by atoms with van der Waals surface area (Å²) in [5, 5.41) is 1.83. The third-order valence-corrected chi connectivity index (χ3v) is 5.00. The summed E-state index contributed by atoms with van der Waals surface area (Å²) in [4.78, 5) is 0. The largest absolute Gasteiger partial charge is 0.279 e. The van der Waals surface area contributed by atoms with Crippen molar-refractivity contribution in [3.63, 3.8) is 0 Å². The van der Waals surface area contributed by atoms with Crippen molar-refractivity contribution in [2.45, 2.75) is 48.5 Å². The lowest BCUT2D eigenvalue weighted by molar-refractivity contribution is 1.04. The Balaban J connectivity index is 2.61. The first-order valence-corrected chi connectivity index (χ1v) is 7.44. The number of hydrogen-bond acceptors (Lipinski definition) is 2. The molecule has 0 saturated carbocycles. The van der Waals surface area contributed by atoms with Gasteiger partial charge in [-0.3, -0.25) is 5.01 Å². The molecule has 112 valence electrons. The highest BCUT2D eigenvalue weighted by atomic mass is 15.4. The van der Waals surface area contributed by atoms with Crippen molar-refractivity contribution in [1.82, 2.24) is 0 Å². The van der Waals surface area contributed by atoms with Crippen LogP contribution in [-0.2, 0) is 0 Å². The van der Waals surface area contributed by atoms with Crippen molar-refractivity contribution in [2.75, 3.05) is 5.01 Å². The lowest BCUT2D eigenvalue weighted by Gasteiger charge is -2.26. The number of hydrazine groups is 1. The van der Waals surface area contributed by atoms with E-state index in [4.69, 9.17) is 5.84 Å². The molecule has 0 spiro atoms. The summed E-state index contributed by atoms with van der Waals surface area (Å²) in [5.74, 6) is 6.46. The molecule has 2 rings (SSSR count). The number of nitrogens with two attached hydrogens (primary N) is 1. The highest BCUT2D eigenvalue weighted by Gasteiger charge is 2.15. The SMILES string of the molecule is Cc1ccc(N(N)c2cc(C)c(C)c(C)c2C)c(C)c1C. The van der Waals surface area contributed by atoms with E-state index in [2.05, 4.69) is 66.7 Å². The van der Waals surface area contributed by atoms with Crippen molar-refractivity contribution in [3.8, 4) is 0 Å². The molecule has 2 nitrogen and oxygen atoms in total. The van der Waals surface area contributed by atoms with Crippen molar-refractivity contribution >= 4 is 11.4 Å². The highest BCUT2D eigenvalue weighted by molar-refractivity contribution is 5.71. The number of anilines is 2. The molecule has 0 aromatic heterocycles. The molecule has 2 heteroatoms. The van der Waals surface area contributed by atoms with E-state index in [9.17, 15) is 0 Å². The average molecular weight is 282 g/mol. The van der Waals surface area contributed by atoms with Crippen molar-refractivity contribution in [2.24, 2.45) is 5.84 Å². The Hall–Kier alpha value is -1.80. The Morgan fingerprint density at radius 1 is 0.619 bits per heavy atom. The van der Waals surface area contributed by atoms with Gasteiger partial charge in [-0.15, -0.1) is 0 Å². The van der Waals surface area contributed by atoms with Crippen LogP contribution in [0, 0.1) is 48.5 Å². The number of benzene rings is 2. The summed E-state index contributed by atoms with van der Waals surface area (Å²) in [6.07, 6.45) is 0. The van der Waals surface area contributed by atoms with Gasteiger partial charge in [-0.25, -0.2) is 5.84 Å². The second kappa shape index (κ2) is 5.53. The zero-order chi connectivity index (χ0) is 15.9. The lowest BCUT2D eigenvalue weighted by atomic mass is 9.96. The predicted octanol–water partition coefficient (Wildman–Crippen LogP) is 4.86. The van der Waals surface area contributed by atoms with Gasteiger partial charge in [0.05, 0.1) is 11.4 Å². The van der Waals surface area contributed by atoms with Crippen LogP contribution < -0.4 is 10.9 Å². The maximum Gasteiger partial charge on any atom is 0.0610 e. The summed E-state index contributed by atoms with van der Waals surface area (Å²) in [5.41, 5.74) is 11.2. The molecule has 21 heavy (non-hydrogen) atoms. The van der Waals surface area contributed by atoms with E-state index in [1.807, 2.05) is 5.01 Å². The Bertz CT molecular complexity index is 699. The standard InChI is InChI=1S/C19H26N2/c1-11-8-9-18(16(6)13(11)3)21(20)19-10-12(2)14(4)15(5)17(19)7/h8-10H,20H2,1-7H3. The number of aryl methyl sites for hydroxylation is 2. The van der Waals surface area contributed by atoms with Crippen LogP contribution in [0.4, 0.5) is 11.4 Å². The molecular weight excluding hydrogens is 256 g/mol. The third-order valence-electron chi connectivity index (χ3n) is 5.00. The van der Waals surface area contributed by atoms with Gasteiger partial charge in [0.1, 0.15) is 0 Å². The van der Waals surface area contributed by atoms with E-state index in [0.717, 1.165) is 11.4 Å². The molecule has 0 heterocycles. The normalized spacial score (nSPS) is 10.9. The molecule has 0 fully saturated rings. The minimum absolute atomic E-state index is 1.07. The van der Waals surface area contributed by atoms with Gasteiger partial charge in [-0.1, -0.05) is 6.07 Å². The van der Waals surface area contributed by atoms with Gasteiger partial charge >= 0.3 is 0 Å². The second-order valence-corrected chi connectivity index (χ2v) is 6.11. The number of hydrogen-bond donors (Lipinski definition) is 1. The van der Waals surface area contributed by atoms with Gasteiger partial charge in [0.15, 0.2) is 0 Å². The Morgan fingerprint density at radius 2 is 1.14 bits per heavy atom. The van der Waals surface area contributed by atoms with Crippen molar-refractivity contribution in [3.05, 3.63) is 57.1 Å². The smallest absolute Gasteiger partial charge is 0.0610 e. The fourth-order valence-corrected chi connectivity index (χ4v) is 2.77. The zero-order valence-electron chi connectivity index (χ0n) is 14.3. The quantitative estimate of drug-likeness (QED) is 0.629. The molecule has 0 saturated heterocycles. The minimum atomic E-state index is 1.07. The number of nitrogens with zero attached hydrogens (tertiary/aromatic N) is 1. The summed E-state index contributed by atoms with van der Waals surface area (Å²) in [6, 6.07) is 6.44. The predicted molar refractivity (Wildman–Crippen MR) is 92.4 cm³/mol. The van der Waals surface area contributed by atoms with Crippen LogP contribution in [0.5, 0.6) is 0 Å². The molecule has 0 aliphatic heterocycles. The van der Waals surface area contributed by atoms with Crippen LogP contribution in [0.2, 0.25) is 0 Å². The van der Waals surface area contributed by atoms with Gasteiger partial charge in [0.25, 0.3) is 0 Å². The Labute approximate surface area is 128 Å². The van der Waals surface area contributed by atoms with E-state index in [-0.39, 0.29) is 0 Å². The van der Waals surface area contributed by atoms with Crippen LogP contribution in [0.3, 0.4) is 0 Å². The van der Waals surface area contributed by atoms with Crippen molar-refractivity contribution in [1.29, 1.82) is 0 Å². The fraction of sp³-hybridized carbons (Fsp3) is 0.368. The molecular formula is C19H26N2. The molecule has 0 unspecified atom stereocenters. The minimum Gasteiger partial charge on any atom is -0.279 e. The van der Waals surface area contributed by atoms with Gasteiger partial charge in [-0.05, 0) is 99.5 Å². The molecule has 2 aromatic carbocycles. The topological polar surface area (TPSA) is 29.3 Å². The van der Waals surface area contributed by atoms with Gasteiger partial charge in [0, 0.05) is 0 Å². The van der Waals surface area contributed by atoms with Crippen LogP contribution in [0.15, 0.2) is 18.2 Å². The van der Waals surface area contributed by atoms with E-state index in [1.54, 1.807) is 0 Å². The van der Waals surface area contributed by atoms with Gasteiger partial charge < -0.3 is 0 Å². The van der Waals surface area contributed by atoms with E-state index in [1.165, 1.54) is 38.9 Å². The summed E-state index contributed by atoms with van der Waals surface area (Å²) < 4.78 is 0. The molecule has 0 aliphatic carbocycles. The fourth-order valence-electron chi connectivity index (χ4n) is 2.77. The Morgan fingerprint density at radius 3 is 1.76 bits per heavy atom. The van der Waals surface area contributed by atoms with Gasteiger partial charge in [-0.2, -0.15) is 0 Å². The summed E-state index contributed by atoms with van der Waals surface area (Å²) in [7, 11) is 0. The maximum absolute atomic E-state index is 6.46. The zero-order valence-corrected chi connectivity index (χ0v) is 14.3. The van der Waals surface area contributed by atoms with Crippen LogP contribution in [0.1, 0.15) is 38.9 Å². The monoisotopic (exact) mass is 282 g/mol. The first-order valence-electron chi connectivity index (χ1n) is 7.44. The van der Waals surface area contributed by atoms with E-state index < -0.39 is 0 Å². The first-order chi connectivity index (χ1) is 9.75. The van der Waals surface area contributed by atoms with Crippen LogP contribution in [-0.4, -0.2) is 0 Å². The average Bonchev–Trinajstić information content (AvgIpc) is 2.46. The Kier molecular flexibility index (Phi) is 4.11. The summed E-state index contributed by atoms with van der Waals surface area (Å²) >= 11 is 0. The molecule has 0 atom stereocenters.